The highest BCUT2D eigenvalue weighted by molar-refractivity contribution is 6.04. The Morgan fingerprint density at radius 2 is 2.19 bits per heavy atom. The van der Waals surface area contributed by atoms with Gasteiger partial charge in [0, 0.05) is 25.8 Å². The highest BCUT2D eigenvalue weighted by Gasteiger charge is 2.37. The number of aromatic nitrogens is 2. The fraction of sp³-hybridized carbons (Fsp3) is 0.583. The number of carbonyl (C=O) groups is 1. The summed E-state index contributed by atoms with van der Waals surface area (Å²) in [4.78, 5) is 12.2. The summed E-state index contributed by atoms with van der Waals surface area (Å²) in [5, 5.41) is 18.1. The molecule has 0 aromatic carbocycles. The van der Waals surface area contributed by atoms with Crippen LogP contribution in [-0.2, 0) is 11.8 Å². The smallest absolute Gasteiger partial charge is 0.248 e. The summed E-state index contributed by atoms with van der Waals surface area (Å²) in [5.74, 6) is -3.43. The Bertz CT molecular complexity index is 560. The van der Waals surface area contributed by atoms with Crippen LogP contribution in [0.15, 0.2) is 11.4 Å². The molecule has 116 valence electrons. The summed E-state index contributed by atoms with van der Waals surface area (Å²) < 4.78 is 27.5. The second-order valence-electron chi connectivity index (χ2n) is 5.14. The minimum absolute atomic E-state index is 0.135. The molecule has 0 radical (unpaired) electrons. The molecule has 0 aliphatic heterocycles. The van der Waals surface area contributed by atoms with Gasteiger partial charge in [-0.2, -0.15) is 5.10 Å². The molecule has 1 fully saturated rings. The van der Waals surface area contributed by atoms with Crippen LogP contribution in [0.1, 0.15) is 31.2 Å². The Kier molecular flexibility index (Phi) is 4.10. The molecule has 7 nitrogen and oxygen atoms in total. The van der Waals surface area contributed by atoms with Gasteiger partial charge in [-0.1, -0.05) is 5.16 Å². The molecule has 1 aliphatic carbocycles. The van der Waals surface area contributed by atoms with E-state index in [0.29, 0.717) is 0 Å². The molecule has 1 amide bonds. The summed E-state index contributed by atoms with van der Waals surface area (Å²) in [6.45, 7) is 0. The van der Waals surface area contributed by atoms with Crippen LogP contribution in [0.3, 0.4) is 0 Å². The minimum Gasteiger partial charge on any atom is -0.409 e. The zero-order valence-corrected chi connectivity index (χ0v) is 11.5. The fourth-order valence-electron chi connectivity index (χ4n) is 2.35. The van der Waals surface area contributed by atoms with E-state index in [-0.39, 0.29) is 48.8 Å². The Labute approximate surface area is 119 Å². The molecule has 0 atom stereocenters. The van der Waals surface area contributed by atoms with Crippen molar-refractivity contribution in [2.24, 2.45) is 23.9 Å². The summed E-state index contributed by atoms with van der Waals surface area (Å²) in [6, 6.07) is 0. The second-order valence-corrected chi connectivity index (χ2v) is 5.14. The maximum Gasteiger partial charge on any atom is 0.248 e. The van der Waals surface area contributed by atoms with Gasteiger partial charge in [-0.05, 0) is 12.8 Å². The largest absolute Gasteiger partial charge is 0.409 e. The molecule has 1 aliphatic rings. The van der Waals surface area contributed by atoms with Crippen molar-refractivity contribution in [3.05, 3.63) is 11.8 Å². The van der Waals surface area contributed by atoms with Gasteiger partial charge in [0.25, 0.3) is 0 Å². The van der Waals surface area contributed by atoms with Crippen molar-refractivity contribution in [1.29, 1.82) is 0 Å². The number of hydrogen-bond acceptors (Lipinski definition) is 4. The quantitative estimate of drug-likeness (QED) is 0.338. The van der Waals surface area contributed by atoms with Crippen LogP contribution in [0, 0.1) is 5.92 Å². The van der Waals surface area contributed by atoms with Crippen molar-refractivity contribution in [3.8, 4) is 0 Å². The summed E-state index contributed by atoms with van der Waals surface area (Å²) in [7, 11) is 1.58. The predicted molar refractivity (Wildman–Crippen MR) is 71.3 cm³/mol. The average molecular weight is 301 g/mol. The summed E-state index contributed by atoms with van der Waals surface area (Å²) >= 11 is 0. The number of hydrogen-bond donors (Lipinski definition) is 3. The standard InChI is InChI=1S/C12H17F2N5O2/c1-19-10(8(6-16-19)9(15)18-21)17-11(20)7-2-4-12(13,14)5-3-7/h6-7,21H,2-5H2,1H3,(H2,15,18)(H,17,20). The van der Waals surface area contributed by atoms with E-state index >= 15 is 0 Å². The Hall–Kier alpha value is -2.19. The molecular weight excluding hydrogens is 284 g/mol. The van der Waals surface area contributed by atoms with Crippen LogP contribution in [0.5, 0.6) is 0 Å². The second kappa shape index (κ2) is 5.66. The molecule has 0 bridgehead atoms. The molecule has 21 heavy (non-hydrogen) atoms. The lowest BCUT2D eigenvalue weighted by atomic mass is 9.86. The van der Waals surface area contributed by atoms with E-state index < -0.39 is 11.8 Å². The van der Waals surface area contributed by atoms with Crippen molar-refractivity contribution in [2.45, 2.75) is 31.6 Å². The zero-order valence-electron chi connectivity index (χ0n) is 11.5. The number of halogens is 2. The van der Waals surface area contributed by atoms with Crippen molar-refractivity contribution in [3.63, 3.8) is 0 Å². The first-order valence-corrected chi connectivity index (χ1v) is 6.52. The van der Waals surface area contributed by atoms with Gasteiger partial charge in [0.15, 0.2) is 5.84 Å². The van der Waals surface area contributed by atoms with Crippen LogP contribution >= 0.6 is 0 Å². The van der Waals surface area contributed by atoms with Crippen LogP contribution in [0.4, 0.5) is 14.6 Å². The Morgan fingerprint density at radius 3 is 2.76 bits per heavy atom. The fourth-order valence-corrected chi connectivity index (χ4v) is 2.35. The average Bonchev–Trinajstić information content (AvgIpc) is 2.79. The van der Waals surface area contributed by atoms with Crippen molar-refractivity contribution >= 4 is 17.6 Å². The monoisotopic (exact) mass is 301 g/mol. The number of carbonyl (C=O) groups excluding carboxylic acids is 1. The van der Waals surface area contributed by atoms with Crippen LogP contribution < -0.4 is 11.1 Å². The van der Waals surface area contributed by atoms with E-state index in [2.05, 4.69) is 15.6 Å². The Balaban J connectivity index is 2.09. The van der Waals surface area contributed by atoms with Gasteiger partial charge < -0.3 is 16.3 Å². The van der Waals surface area contributed by atoms with Crippen LogP contribution in [0.2, 0.25) is 0 Å². The summed E-state index contributed by atoms with van der Waals surface area (Å²) in [5.41, 5.74) is 5.77. The van der Waals surface area contributed by atoms with E-state index in [1.54, 1.807) is 7.05 Å². The van der Waals surface area contributed by atoms with Gasteiger partial charge in [0.2, 0.25) is 11.8 Å². The number of amidine groups is 1. The number of anilines is 1. The number of nitrogens with zero attached hydrogens (tertiary/aromatic N) is 3. The zero-order chi connectivity index (χ0) is 15.6. The van der Waals surface area contributed by atoms with Gasteiger partial charge >= 0.3 is 0 Å². The maximum absolute atomic E-state index is 13.1. The molecule has 0 unspecified atom stereocenters. The number of amides is 1. The van der Waals surface area contributed by atoms with E-state index in [1.807, 2.05) is 0 Å². The lowest BCUT2D eigenvalue weighted by Gasteiger charge is -2.27. The topological polar surface area (TPSA) is 106 Å². The van der Waals surface area contributed by atoms with Crippen LogP contribution in [-0.4, -0.2) is 32.7 Å². The third-order valence-corrected chi connectivity index (χ3v) is 3.65. The first kappa shape index (κ1) is 15.2. The third kappa shape index (κ3) is 3.29. The number of aryl methyl sites for hydroxylation is 1. The van der Waals surface area contributed by atoms with E-state index in [4.69, 9.17) is 10.9 Å². The molecular formula is C12H17F2N5O2. The van der Waals surface area contributed by atoms with E-state index in [1.165, 1.54) is 10.9 Å². The highest BCUT2D eigenvalue weighted by atomic mass is 19.3. The molecule has 1 saturated carbocycles. The first-order valence-electron chi connectivity index (χ1n) is 6.52. The normalized spacial score (nSPS) is 19.5. The number of rotatable bonds is 3. The molecule has 1 aromatic rings. The van der Waals surface area contributed by atoms with E-state index in [0.717, 1.165) is 0 Å². The highest BCUT2D eigenvalue weighted by Crippen LogP contribution is 2.36. The van der Waals surface area contributed by atoms with Gasteiger partial charge in [-0.3, -0.25) is 9.48 Å². The number of nitrogens with one attached hydrogen (secondary N) is 1. The van der Waals surface area contributed by atoms with Gasteiger partial charge in [-0.25, -0.2) is 8.78 Å². The van der Waals surface area contributed by atoms with Crippen molar-refractivity contribution in [2.75, 3.05) is 5.32 Å². The lowest BCUT2D eigenvalue weighted by Crippen LogP contribution is -2.32. The van der Waals surface area contributed by atoms with Gasteiger partial charge in [0.05, 0.1) is 11.8 Å². The van der Waals surface area contributed by atoms with E-state index in [9.17, 15) is 13.6 Å². The number of alkyl halides is 2. The molecule has 4 N–H and O–H groups in total. The molecule has 0 saturated heterocycles. The van der Waals surface area contributed by atoms with Gasteiger partial charge in [-0.15, -0.1) is 0 Å². The first-order chi connectivity index (χ1) is 9.84. The van der Waals surface area contributed by atoms with Crippen molar-refractivity contribution in [1.82, 2.24) is 9.78 Å². The maximum atomic E-state index is 13.1. The lowest BCUT2D eigenvalue weighted by molar-refractivity contribution is -0.124. The van der Waals surface area contributed by atoms with Gasteiger partial charge in [0.1, 0.15) is 5.82 Å². The molecule has 1 heterocycles. The predicted octanol–water partition coefficient (Wildman–Crippen LogP) is 1.28. The SMILES string of the molecule is Cn1ncc(C(N)=NO)c1NC(=O)C1CCC(F)(F)CC1. The molecule has 9 heteroatoms. The summed E-state index contributed by atoms with van der Waals surface area (Å²) in [6.07, 6.45) is 1.04. The molecule has 0 spiro atoms. The third-order valence-electron chi connectivity index (χ3n) is 3.65. The van der Waals surface area contributed by atoms with Crippen molar-refractivity contribution < 1.29 is 18.8 Å². The molecule has 2 rings (SSSR count). The Morgan fingerprint density at radius 1 is 1.57 bits per heavy atom. The minimum atomic E-state index is -2.68. The molecule has 1 aromatic heterocycles. The number of nitrogens with two attached hydrogens (primary N) is 1. The number of oxime groups is 1. The van der Waals surface area contributed by atoms with Crippen LogP contribution in [0.25, 0.3) is 0 Å².